The zero-order valence-electron chi connectivity index (χ0n) is 10.6. The highest BCUT2D eigenvalue weighted by molar-refractivity contribution is 9.10. The Labute approximate surface area is 141 Å². The largest absolute Gasteiger partial charge is 0.380 e. The Balaban J connectivity index is 2.21. The third-order valence-corrected chi connectivity index (χ3v) is 5.19. The SMILES string of the molecule is NS(=O)(=O)c1ccc(Cl)c(NCc2ccc(Cl)c(Br)c2)c1. The molecule has 0 atom stereocenters. The molecule has 21 heavy (non-hydrogen) atoms. The molecule has 2 aromatic carbocycles. The maximum Gasteiger partial charge on any atom is 0.238 e. The van der Waals surface area contributed by atoms with Crippen molar-refractivity contribution < 1.29 is 8.42 Å². The molecule has 0 radical (unpaired) electrons. The van der Waals surface area contributed by atoms with Crippen LogP contribution >= 0.6 is 39.1 Å². The predicted octanol–water partition coefficient (Wildman–Crippen LogP) is 4.02. The molecule has 0 unspecified atom stereocenters. The molecule has 3 N–H and O–H groups in total. The second kappa shape index (κ2) is 6.54. The van der Waals surface area contributed by atoms with E-state index in [4.69, 9.17) is 28.3 Å². The standard InChI is InChI=1S/C13H11BrCl2N2O2S/c14-10-5-8(1-3-11(10)15)7-18-13-6-9(21(17,19)20)2-4-12(13)16/h1-6,18H,7H2,(H2,17,19,20). The highest BCUT2D eigenvalue weighted by Gasteiger charge is 2.10. The molecule has 0 aromatic heterocycles. The van der Waals surface area contributed by atoms with Crippen LogP contribution in [-0.4, -0.2) is 8.42 Å². The van der Waals surface area contributed by atoms with E-state index in [-0.39, 0.29) is 4.90 Å². The van der Waals surface area contributed by atoms with Crippen molar-refractivity contribution in [3.63, 3.8) is 0 Å². The molecule has 0 bridgehead atoms. The number of primary sulfonamides is 1. The average Bonchev–Trinajstić information content (AvgIpc) is 2.40. The third kappa shape index (κ3) is 4.34. The Kier molecular flexibility index (Phi) is 5.16. The summed E-state index contributed by atoms with van der Waals surface area (Å²) in [5, 5.41) is 9.20. The van der Waals surface area contributed by atoms with Crippen LogP contribution in [0.1, 0.15) is 5.56 Å². The molecule has 2 aromatic rings. The summed E-state index contributed by atoms with van der Waals surface area (Å²) in [6, 6.07) is 9.75. The molecule has 0 saturated carbocycles. The van der Waals surface area contributed by atoms with Gasteiger partial charge in [0.15, 0.2) is 0 Å². The predicted molar refractivity (Wildman–Crippen MR) is 89.3 cm³/mol. The zero-order chi connectivity index (χ0) is 15.6. The maximum atomic E-state index is 11.3. The van der Waals surface area contributed by atoms with Crippen LogP contribution in [0.15, 0.2) is 45.8 Å². The molecule has 0 aliphatic heterocycles. The van der Waals surface area contributed by atoms with Crippen molar-refractivity contribution in [3.8, 4) is 0 Å². The van der Waals surface area contributed by atoms with Crippen molar-refractivity contribution in [1.82, 2.24) is 0 Å². The van der Waals surface area contributed by atoms with Crippen molar-refractivity contribution in [3.05, 3.63) is 56.5 Å². The van der Waals surface area contributed by atoms with Gasteiger partial charge in [-0.25, -0.2) is 13.6 Å². The van der Waals surface area contributed by atoms with Gasteiger partial charge in [0.2, 0.25) is 10.0 Å². The van der Waals surface area contributed by atoms with Crippen molar-refractivity contribution in [2.75, 3.05) is 5.32 Å². The summed E-state index contributed by atoms with van der Waals surface area (Å²) >= 11 is 15.3. The normalized spacial score (nSPS) is 11.4. The Morgan fingerprint density at radius 3 is 2.38 bits per heavy atom. The second-order valence-corrected chi connectivity index (χ2v) is 7.52. The lowest BCUT2D eigenvalue weighted by atomic mass is 10.2. The van der Waals surface area contributed by atoms with Crippen molar-refractivity contribution in [2.24, 2.45) is 5.14 Å². The topological polar surface area (TPSA) is 72.2 Å². The molecule has 2 rings (SSSR count). The van der Waals surface area contributed by atoms with Crippen molar-refractivity contribution in [2.45, 2.75) is 11.4 Å². The number of nitrogens with two attached hydrogens (primary N) is 1. The molecule has 0 amide bonds. The molecule has 0 fully saturated rings. The van der Waals surface area contributed by atoms with Crippen LogP contribution in [0.2, 0.25) is 10.0 Å². The van der Waals surface area contributed by atoms with Gasteiger partial charge in [-0.05, 0) is 51.8 Å². The molecule has 4 nitrogen and oxygen atoms in total. The van der Waals surface area contributed by atoms with Gasteiger partial charge < -0.3 is 5.32 Å². The number of hydrogen-bond donors (Lipinski definition) is 2. The highest BCUT2D eigenvalue weighted by atomic mass is 79.9. The first-order valence-corrected chi connectivity index (χ1v) is 8.87. The minimum atomic E-state index is -3.76. The van der Waals surface area contributed by atoms with Gasteiger partial charge in [0.05, 0.1) is 20.6 Å². The number of halogens is 3. The summed E-state index contributed by atoms with van der Waals surface area (Å²) in [5.74, 6) is 0. The fraction of sp³-hybridized carbons (Fsp3) is 0.0769. The lowest BCUT2D eigenvalue weighted by molar-refractivity contribution is 0.598. The van der Waals surface area contributed by atoms with Gasteiger partial charge in [-0.1, -0.05) is 29.3 Å². The third-order valence-electron chi connectivity index (χ3n) is 2.73. The van der Waals surface area contributed by atoms with Gasteiger partial charge in [-0.2, -0.15) is 0 Å². The van der Waals surface area contributed by atoms with Gasteiger partial charge in [0.1, 0.15) is 0 Å². The van der Waals surface area contributed by atoms with Crippen LogP contribution in [0.25, 0.3) is 0 Å². The number of rotatable bonds is 4. The minimum Gasteiger partial charge on any atom is -0.380 e. The fourth-order valence-electron chi connectivity index (χ4n) is 1.66. The molecule has 8 heteroatoms. The maximum absolute atomic E-state index is 11.3. The van der Waals surface area contributed by atoms with Crippen molar-refractivity contribution in [1.29, 1.82) is 0 Å². The van der Waals surface area contributed by atoms with Crippen molar-refractivity contribution >= 4 is 54.8 Å². The van der Waals surface area contributed by atoms with E-state index >= 15 is 0 Å². The van der Waals surface area contributed by atoms with Crippen LogP contribution in [0.5, 0.6) is 0 Å². The van der Waals surface area contributed by atoms with E-state index in [1.54, 1.807) is 6.07 Å². The van der Waals surface area contributed by atoms with Crippen LogP contribution in [0, 0.1) is 0 Å². The summed E-state index contributed by atoms with van der Waals surface area (Å²) in [5.41, 5.74) is 1.46. The highest BCUT2D eigenvalue weighted by Crippen LogP contribution is 2.27. The molecular formula is C13H11BrCl2N2O2S. The Morgan fingerprint density at radius 1 is 1.10 bits per heavy atom. The van der Waals surface area contributed by atoms with E-state index in [1.807, 2.05) is 12.1 Å². The minimum absolute atomic E-state index is 0.00619. The van der Waals surface area contributed by atoms with Crippen LogP contribution in [-0.2, 0) is 16.6 Å². The Morgan fingerprint density at radius 2 is 1.76 bits per heavy atom. The quantitative estimate of drug-likeness (QED) is 0.800. The first kappa shape index (κ1) is 16.6. The molecule has 0 heterocycles. The van der Waals surface area contributed by atoms with Crippen LogP contribution < -0.4 is 10.5 Å². The second-order valence-electron chi connectivity index (χ2n) is 4.29. The molecule has 0 saturated heterocycles. The summed E-state index contributed by atoms with van der Waals surface area (Å²) < 4.78 is 23.5. The first-order valence-electron chi connectivity index (χ1n) is 5.77. The van der Waals surface area contributed by atoms with E-state index in [2.05, 4.69) is 21.2 Å². The zero-order valence-corrected chi connectivity index (χ0v) is 14.5. The summed E-state index contributed by atoms with van der Waals surface area (Å²) in [6.07, 6.45) is 0. The summed E-state index contributed by atoms with van der Waals surface area (Å²) in [6.45, 7) is 0.462. The number of nitrogens with one attached hydrogen (secondary N) is 1. The first-order chi connectivity index (χ1) is 9.77. The van der Waals surface area contributed by atoms with E-state index < -0.39 is 10.0 Å². The Bertz CT molecular complexity index is 782. The molecule has 0 aliphatic carbocycles. The molecular weight excluding hydrogens is 399 g/mol. The lowest BCUT2D eigenvalue weighted by Crippen LogP contribution is -2.12. The van der Waals surface area contributed by atoms with Gasteiger partial charge in [-0.15, -0.1) is 0 Å². The smallest absolute Gasteiger partial charge is 0.238 e. The van der Waals surface area contributed by atoms with Gasteiger partial charge in [-0.3, -0.25) is 0 Å². The van der Waals surface area contributed by atoms with E-state index in [0.29, 0.717) is 22.3 Å². The summed E-state index contributed by atoms with van der Waals surface area (Å²) in [7, 11) is -3.76. The molecule has 112 valence electrons. The number of sulfonamides is 1. The average molecular weight is 410 g/mol. The number of anilines is 1. The number of benzene rings is 2. The summed E-state index contributed by atoms with van der Waals surface area (Å²) in [4.78, 5) is 0.00619. The fourth-order valence-corrected chi connectivity index (χ4v) is 2.93. The lowest BCUT2D eigenvalue weighted by Gasteiger charge is -2.10. The Hall–Kier alpha value is -0.790. The number of hydrogen-bond acceptors (Lipinski definition) is 3. The monoisotopic (exact) mass is 408 g/mol. The van der Waals surface area contributed by atoms with Gasteiger partial charge in [0.25, 0.3) is 0 Å². The van der Waals surface area contributed by atoms with E-state index in [1.165, 1.54) is 18.2 Å². The van der Waals surface area contributed by atoms with E-state index in [9.17, 15) is 8.42 Å². The van der Waals surface area contributed by atoms with Crippen LogP contribution in [0.4, 0.5) is 5.69 Å². The van der Waals surface area contributed by atoms with Crippen LogP contribution in [0.3, 0.4) is 0 Å². The van der Waals surface area contributed by atoms with E-state index in [0.717, 1.165) is 10.0 Å². The van der Waals surface area contributed by atoms with Gasteiger partial charge >= 0.3 is 0 Å². The molecule has 0 spiro atoms. The molecule has 0 aliphatic rings. The van der Waals surface area contributed by atoms with Gasteiger partial charge in [0, 0.05) is 11.0 Å².